The van der Waals surface area contributed by atoms with Gasteiger partial charge in [0.15, 0.2) is 0 Å². The van der Waals surface area contributed by atoms with Crippen LogP contribution >= 0.6 is 24.8 Å². The summed E-state index contributed by atoms with van der Waals surface area (Å²) >= 11 is 0. The molecule has 0 spiro atoms. The fourth-order valence-corrected chi connectivity index (χ4v) is 3.14. The minimum Gasteiger partial charge on any atom is -0.496 e. The Bertz CT molecular complexity index is 477. The molecule has 0 saturated carbocycles. The van der Waals surface area contributed by atoms with E-state index in [2.05, 4.69) is 35.3 Å². The molecule has 1 heterocycles. The van der Waals surface area contributed by atoms with Gasteiger partial charge in [-0.2, -0.15) is 0 Å². The summed E-state index contributed by atoms with van der Waals surface area (Å²) < 4.78 is 5.41. The highest BCUT2D eigenvalue weighted by Crippen LogP contribution is 2.21. The highest BCUT2D eigenvalue weighted by atomic mass is 35.5. The maximum absolute atomic E-state index is 10.4. The average Bonchev–Trinajstić information content (AvgIpc) is 2.53. The normalized spacial score (nSPS) is 20.7. The number of para-hydroxylation sites is 1. The lowest BCUT2D eigenvalue weighted by molar-refractivity contribution is 0.0367. The van der Waals surface area contributed by atoms with E-state index in [1.807, 2.05) is 18.2 Å². The predicted molar refractivity (Wildman–Crippen MR) is 108 cm³/mol. The quantitative estimate of drug-likeness (QED) is 0.661. The van der Waals surface area contributed by atoms with Crippen LogP contribution in [0.15, 0.2) is 24.3 Å². The Kier molecular flexibility index (Phi) is 12.5. The lowest BCUT2D eigenvalue weighted by Crippen LogP contribution is -2.52. The number of piperidine rings is 1. The molecule has 1 aliphatic rings. The minimum absolute atomic E-state index is 0. The molecule has 146 valence electrons. The Morgan fingerprint density at radius 1 is 1.28 bits per heavy atom. The first kappa shape index (κ1) is 24.4. The van der Waals surface area contributed by atoms with Crippen LogP contribution in [0.2, 0.25) is 0 Å². The van der Waals surface area contributed by atoms with Gasteiger partial charge in [-0.25, -0.2) is 0 Å². The summed E-state index contributed by atoms with van der Waals surface area (Å²) in [4.78, 5) is 4.49. The monoisotopic (exact) mass is 393 g/mol. The highest BCUT2D eigenvalue weighted by Gasteiger charge is 2.27. The van der Waals surface area contributed by atoms with Gasteiger partial charge in [0.25, 0.3) is 0 Å². The Hall–Kier alpha value is -0.560. The predicted octanol–water partition coefficient (Wildman–Crippen LogP) is 2.02. The van der Waals surface area contributed by atoms with Crippen LogP contribution in [0.1, 0.15) is 18.4 Å². The summed E-state index contributed by atoms with van der Waals surface area (Å²) in [6.45, 7) is 4.58. The Balaban J connectivity index is 0.00000288. The molecular formula is C18H33Cl2N3O2. The topological polar surface area (TPSA) is 48.0 Å². The molecule has 0 radical (unpaired) electrons. The summed E-state index contributed by atoms with van der Waals surface area (Å²) in [5.74, 6) is 0.922. The van der Waals surface area contributed by atoms with Crippen molar-refractivity contribution in [3.05, 3.63) is 29.8 Å². The average molecular weight is 394 g/mol. The van der Waals surface area contributed by atoms with Crippen LogP contribution in [0, 0.1) is 0 Å². The van der Waals surface area contributed by atoms with Crippen LogP contribution in [-0.4, -0.2) is 74.4 Å². The van der Waals surface area contributed by atoms with Crippen LogP contribution in [0.4, 0.5) is 0 Å². The van der Waals surface area contributed by atoms with Crippen LogP contribution in [0.25, 0.3) is 0 Å². The molecule has 5 nitrogen and oxygen atoms in total. The van der Waals surface area contributed by atoms with Gasteiger partial charge in [0.1, 0.15) is 5.75 Å². The summed E-state index contributed by atoms with van der Waals surface area (Å²) in [5.41, 5.74) is 1.18. The van der Waals surface area contributed by atoms with Crippen molar-refractivity contribution in [2.45, 2.75) is 31.5 Å². The Morgan fingerprint density at radius 2 is 2.00 bits per heavy atom. The van der Waals surface area contributed by atoms with E-state index in [0.29, 0.717) is 6.54 Å². The number of β-amino-alcohol motifs (C(OH)–C–C–N with tert-alkyl or cyclic N) is 1. The Morgan fingerprint density at radius 3 is 2.64 bits per heavy atom. The van der Waals surface area contributed by atoms with Crippen LogP contribution in [0.3, 0.4) is 0 Å². The maximum atomic E-state index is 10.4. The zero-order valence-electron chi connectivity index (χ0n) is 15.5. The Labute approximate surface area is 164 Å². The lowest BCUT2D eigenvalue weighted by Gasteiger charge is -2.36. The second-order valence-electron chi connectivity index (χ2n) is 6.62. The SMILES string of the molecule is COc1ccccc1CN1CC[C@@H](NCCCN(C)C)[C@H](O)C1.Cl.Cl. The molecule has 2 atom stereocenters. The molecule has 2 N–H and O–H groups in total. The van der Waals surface area contributed by atoms with Gasteiger partial charge in [-0.1, -0.05) is 18.2 Å². The first-order chi connectivity index (χ1) is 11.1. The molecule has 0 unspecified atom stereocenters. The fourth-order valence-electron chi connectivity index (χ4n) is 3.14. The number of halogens is 2. The third-order valence-electron chi connectivity index (χ3n) is 4.44. The molecule has 1 saturated heterocycles. The van der Waals surface area contributed by atoms with E-state index >= 15 is 0 Å². The van der Waals surface area contributed by atoms with E-state index in [1.165, 1.54) is 5.56 Å². The van der Waals surface area contributed by atoms with Crippen molar-refractivity contribution >= 4 is 24.8 Å². The van der Waals surface area contributed by atoms with E-state index in [4.69, 9.17) is 4.74 Å². The third kappa shape index (κ3) is 8.11. The van der Waals surface area contributed by atoms with Crippen molar-refractivity contribution in [2.24, 2.45) is 0 Å². The number of nitrogens with one attached hydrogen (secondary N) is 1. The molecule has 7 heteroatoms. The number of hydrogen-bond donors (Lipinski definition) is 2. The maximum Gasteiger partial charge on any atom is 0.123 e. The number of hydrogen-bond acceptors (Lipinski definition) is 5. The van der Waals surface area contributed by atoms with Gasteiger partial charge >= 0.3 is 0 Å². The van der Waals surface area contributed by atoms with Crippen LogP contribution in [-0.2, 0) is 6.54 Å². The zero-order chi connectivity index (χ0) is 16.7. The van der Waals surface area contributed by atoms with Crippen molar-refractivity contribution in [3.8, 4) is 5.75 Å². The van der Waals surface area contributed by atoms with Gasteiger partial charge < -0.3 is 20.1 Å². The molecule has 1 aromatic carbocycles. The standard InChI is InChI=1S/C18H31N3O2.2ClH/c1-20(2)11-6-10-19-16-9-12-21(14-17(16)22)13-15-7-4-5-8-18(15)23-3;;/h4-5,7-8,16-17,19,22H,6,9-14H2,1-3H3;2*1H/t16-,17-;;/m1../s1. The zero-order valence-corrected chi connectivity index (χ0v) is 17.1. The minimum atomic E-state index is -0.308. The number of rotatable bonds is 8. The molecule has 0 aromatic heterocycles. The van der Waals surface area contributed by atoms with E-state index < -0.39 is 0 Å². The van der Waals surface area contributed by atoms with Gasteiger partial charge in [-0.3, -0.25) is 4.90 Å². The fraction of sp³-hybridized carbons (Fsp3) is 0.667. The summed E-state index contributed by atoms with van der Waals surface area (Å²) in [6, 6.07) is 8.32. The van der Waals surface area contributed by atoms with Crippen LogP contribution < -0.4 is 10.1 Å². The highest BCUT2D eigenvalue weighted by molar-refractivity contribution is 5.85. The lowest BCUT2D eigenvalue weighted by atomic mass is 10.0. The second kappa shape index (κ2) is 12.7. The number of aliphatic hydroxyl groups is 1. The van der Waals surface area contributed by atoms with Crippen LogP contribution in [0.5, 0.6) is 5.75 Å². The van der Waals surface area contributed by atoms with Gasteiger partial charge in [-0.15, -0.1) is 24.8 Å². The van der Waals surface area contributed by atoms with E-state index in [1.54, 1.807) is 7.11 Å². The van der Waals surface area contributed by atoms with E-state index in [0.717, 1.165) is 44.8 Å². The summed E-state index contributed by atoms with van der Waals surface area (Å²) in [7, 11) is 5.88. The van der Waals surface area contributed by atoms with Gasteiger partial charge in [0.2, 0.25) is 0 Å². The molecule has 1 fully saturated rings. The van der Waals surface area contributed by atoms with Gasteiger partial charge in [-0.05, 0) is 46.1 Å². The van der Waals surface area contributed by atoms with Crippen molar-refractivity contribution in [2.75, 3.05) is 47.4 Å². The molecule has 0 bridgehead atoms. The van der Waals surface area contributed by atoms with Crippen molar-refractivity contribution in [1.29, 1.82) is 0 Å². The van der Waals surface area contributed by atoms with E-state index in [9.17, 15) is 5.11 Å². The summed E-state index contributed by atoms with van der Waals surface area (Å²) in [6.07, 6.45) is 1.79. The molecule has 25 heavy (non-hydrogen) atoms. The number of benzene rings is 1. The first-order valence-corrected chi connectivity index (χ1v) is 8.50. The van der Waals surface area contributed by atoms with Gasteiger partial charge in [0.05, 0.1) is 13.2 Å². The number of aliphatic hydroxyl groups excluding tert-OH is 1. The second-order valence-corrected chi connectivity index (χ2v) is 6.62. The molecular weight excluding hydrogens is 361 g/mol. The molecule has 0 amide bonds. The summed E-state index contributed by atoms with van der Waals surface area (Å²) in [5, 5.41) is 13.9. The van der Waals surface area contributed by atoms with Crippen molar-refractivity contribution in [3.63, 3.8) is 0 Å². The third-order valence-corrected chi connectivity index (χ3v) is 4.44. The molecule has 0 aliphatic carbocycles. The molecule has 2 rings (SSSR count). The smallest absolute Gasteiger partial charge is 0.123 e. The number of nitrogens with zero attached hydrogens (tertiary/aromatic N) is 2. The molecule has 1 aromatic rings. The number of likely N-dealkylation sites (tertiary alicyclic amines) is 1. The number of methoxy groups -OCH3 is 1. The van der Waals surface area contributed by atoms with E-state index in [-0.39, 0.29) is 37.0 Å². The first-order valence-electron chi connectivity index (χ1n) is 8.50. The number of ether oxygens (including phenoxy) is 1. The molecule has 1 aliphatic heterocycles. The van der Waals surface area contributed by atoms with Crippen molar-refractivity contribution in [1.82, 2.24) is 15.1 Å². The largest absolute Gasteiger partial charge is 0.496 e. The van der Waals surface area contributed by atoms with Crippen molar-refractivity contribution < 1.29 is 9.84 Å². The van der Waals surface area contributed by atoms with Gasteiger partial charge in [0, 0.05) is 31.2 Å².